The fourth-order valence-electron chi connectivity index (χ4n) is 0.996. The van der Waals surface area contributed by atoms with E-state index in [2.05, 4.69) is 4.99 Å². The number of hydrogen-bond acceptors (Lipinski definition) is 3. The SMILES string of the molecule is CCOC(=O)CC1=CC=CCC=N1. The Kier molecular flexibility index (Phi) is 3.96. The molecule has 0 aromatic carbocycles. The zero-order chi connectivity index (χ0) is 9.52. The summed E-state index contributed by atoms with van der Waals surface area (Å²) in [6.07, 6.45) is 8.59. The Morgan fingerprint density at radius 1 is 1.69 bits per heavy atom. The Labute approximate surface area is 77.8 Å². The number of carbonyl (C=O) groups excluding carboxylic acids is 1. The molecule has 13 heavy (non-hydrogen) atoms. The van der Waals surface area contributed by atoms with Crippen LogP contribution < -0.4 is 0 Å². The van der Waals surface area contributed by atoms with Crippen molar-refractivity contribution in [3.05, 3.63) is 23.9 Å². The van der Waals surface area contributed by atoms with Crippen LogP contribution >= 0.6 is 0 Å². The number of carbonyl (C=O) groups is 1. The molecule has 0 bridgehead atoms. The van der Waals surface area contributed by atoms with E-state index in [1.165, 1.54) is 0 Å². The van der Waals surface area contributed by atoms with Gasteiger partial charge in [-0.25, -0.2) is 0 Å². The molecule has 0 atom stereocenters. The molecule has 0 radical (unpaired) electrons. The Hall–Kier alpha value is -1.38. The van der Waals surface area contributed by atoms with Crippen LogP contribution in [0.3, 0.4) is 0 Å². The molecular formula is C10H13NO2. The minimum atomic E-state index is -0.221. The predicted molar refractivity (Wildman–Crippen MR) is 51.6 cm³/mol. The van der Waals surface area contributed by atoms with Crippen LogP contribution in [0.2, 0.25) is 0 Å². The summed E-state index contributed by atoms with van der Waals surface area (Å²) in [7, 11) is 0. The van der Waals surface area contributed by atoms with Gasteiger partial charge < -0.3 is 4.74 Å². The summed E-state index contributed by atoms with van der Waals surface area (Å²) in [5.74, 6) is -0.221. The van der Waals surface area contributed by atoms with Crippen molar-refractivity contribution < 1.29 is 9.53 Å². The van der Waals surface area contributed by atoms with Crippen LogP contribution in [-0.2, 0) is 9.53 Å². The Bertz CT molecular complexity index is 264. The van der Waals surface area contributed by atoms with Gasteiger partial charge in [-0.15, -0.1) is 0 Å². The largest absolute Gasteiger partial charge is 0.466 e. The highest BCUT2D eigenvalue weighted by Gasteiger charge is 2.04. The van der Waals surface area contributed by atoms with Crippen molar-refractivity contribution in [2.45, 2.75) is 19.8 Å². The van der Waals surface area contributed by atoms with Gasteiger partial charge in [0.2, 0.25) is 0 Å². The van der Waals surface area contributed by atoms with Gasteiger partial charge in [0.25, 0.3) is 0 Å². The first-order chi connectivity index (χ1) is 6.33. The molecule has 70 valence electrons. The summed E-state index contributed by atoms with van der Waals surface area (Å²) in [4.78, 5) is 15.2. The van der Waals surface area contributed by atoms with Crippen molar-refractivity contribution >= 4 is 12.2 Å². The molecule has 0 spiro atoms. The van der Waals surface area contributed by atoms with Crippen LogP contribution in [0.4, 0.5) is 0 Å². The van der Waals surface area contributed by atoms with Gasteiger partial charge in [-0.2, -0.15) is 0 Å². The molecule has 0 saturated carbocycles. The third-order valence-corrected chi connectivity index (χ3v) is 1.55. The number of allylic oxidation sites excluding steroid dienone is 3. The molecule has 0 N–H and O–H groups in total. The Balaban J connectivity index is 2.47. The average Bonchev–Trinajstić information content (AvgIpc) is 2.33. The van der Waals surface area contributed by atoms with Crippen LogP contribution in [0.1, 0.15) is 19.8 Å². The van der Waals surface area contributed by atoms with Gasteiger partial charge in [0, 0.05) is 12.6 Å². The van der Waals surface area contributed by atoms with Gasteiger partial charge >= 0.3 is 5.97 Å². The molecule has 0 unspecified atom stereocenters. The molecule has 1 rings (SSSR count). The molecule has 3 nitrogen and oxygen atoms in total. The predicted octanol–water partition coefficient (Wildman–Crippen LogP) is 1.85. The summed E-state index contributed by atoms with van der Waals surface area (Å²) >= 11 is 0. The first-order valence-corrected chi connectivity index (χ1v) is 4.36. The molecule has 0 fully saturated rings. The van der Waals surface area contributed by atoms with E-state index in [4.69, 9.17) is 4.74 Å². The number of rotatable bonds is 3. The zero-order valence-corrected chi connectivity index (χ0v) is 7.69. The molecule has 0 saturated heterocycles. The van der Waals surface area contributed by atoms with Crippen molar-refractivity contribution in [2.75, 3.05) is 6.61 Å². The summed E-state index contributed by atoms with van der Waals surface area (Å²) in [6.45, 7) is 2.22. The topological polar surface area (TPSA) is 38.7 Å². The van der Waals surface area contributed by atoms with Gasteiger partial charge in [-0.1, -0.05) is 12.2 Å². The molecule has 1 heterocycles. The quantitative estimate of drug-likeness (QED) is 0.620. The molecule has 0 amide bonds. The second-order valence-electron chi connectivity index (χ2n) is 2.62. The third-order valence-electron chi connectivity index (χ3n) is 1.55. The standard InChI is InChI=1S/C10H13NO2/c1-2-13-10(12)8-9-6-4-3-5-7-11-9/h3-4,6-7H,2,5,8H2,1H3. The van der Waals surface area contributed by atoms with Crippen LogP contribution in [-0.4, -0.2) is 18.8 Å². The number of hydrogen-bond donors (Lipinski definition) is 0. The van der Waals surface area contributed by atoms with E-state index in [1.54, 1.807) is 13.1 Å². The number of aliphatic imine (C=N–C) groups is 1. The highest BCUT2D eigenvalue weighted by atomic mass is 16.5. The lowest BCUT2D eigenvalue weighted by Gasteiger charge is -2.00. The fourth-order valence-corrected chi connectivity index (χ4v) is 0.996. The van der Waals surface area contributed by atoms with E-state index in [0.29, 0.717) is 6.61 Å². The highest BCUT2D eigenvalue weighted by Crippen LogP contribution is 2.07. The van der Waals surface area contributed by atoms with E-state index in [1.807, 2.05) is 18.2 Å². The van der Waals surface area contributed by atoms with Crippen molar-refractivity contribution in [3.8, 4) is 0 Å². The average molecular weight is 179 g/mol. The van der Waals surface area contributed by atoms with Crippen molar-refractivity contribution in [2.24, 2.45) is 4.99 Å². The lowest BCUT2D eigenvalue weighted by Crippen LogP contribution is -2.04. The minimum Gasteiger partial charge on any atom is -0.466 e. The lowest BCUT2D eigenvalue weighted by atomic mass is 10.3. The van der Waals surface area contributed by atoms with E-state index < -0.39 is 0 Å². The molecule has 3 heteroatoms. The fraction of sp³-hybridized carbons (Fsp3) is 0.400. The van der Waals surface area contributed by atoms with Crippen LogP contribution in [0.25, 0.3) is 0 Å². The lowest BCUT2D eigenvalue weighted by molar-refractivity contribution is -0.142. The second kappa shape index (κ2) is 5.30. The molecule has 0 aromatic rings. The molecular weight excluding hydrogens is 166 g/mol. The van der Waals surface area contributed by atoms with Crippen LogP contribution in [0.5, 0.6) is 0 Å². The first-order valence-electron chi connectivity index (χ1n) is 4.36. The summed E-state index contributed by atoms with van der Waals surface area (Å²) in [5, 5.41) is 0. The number of esters is 1. The van der Waals surface area contributed by atoms with E-state index >= 15 is 0 Å². The summed E-state index contributed by atoms with van der Waals surface area (Å²) in [5.41, 5.74) is 0.757. The smallest absolute Gasteiger partial charge is 0.311 e. The van der Waals surface area contributed by atoms with Crippen molar-refractivity contribution in [1.29, 1.82) is 0 Å². The van der Waals surface area contributed by atoms with Gasteiger partial charge in [0.1, 0.15) is 0 Å². The van der Waals surface area contributed by atoms with E-state index in [9.17, 15) is 4.79 Å². The van der Waals surface area contributed by atoms with Gasteiger partial charge in [-0.05, 0) is 13.0 Å². The van der Waals surface area contributed by atoms with Crippen molar-refractivity contribution in [3.63, 3.8) is 0 Å². The van der Waals surface area contributed by atoms with E-state index in [0.717, 1.165) is 12.1 Å². The van der Waals surface area contributed by atoms with Crippen LogP contribution in [0, 0.1) is 0 Å². The normalized spacial score (nSPS) is 15.0. The monoisotopic (exact) mass is 179 g/mol. The molecule has 0 aromatic heterocycles. The summed E-state index contributed by atoms with van der Waals surface area (Å²) in [6, 6.07) is 0. The minimum absolute atomic E-state index is 0.221. The van der Waals surface area contributed by atoms with E-state index in [-0.39, 0.29) is 12.4 Å². The summed E-state index contributed by atoms with van der Waals surface area (Å²) < 4.78 is 4.81. The first kappa shape index (κ1) is 9.71. The third kappa shape index (κ3) is 3.69. The molecule has 1 aliphatic heterocycles. The maximum absolute atomic E-state index is 11.1. The highest BCUT2D eigenvalue weighted by molar-refractivity contribution is 5.74. The van der Waals surface area contributed by atoms with Crippen LogP contribution in [0.15, 0.2) is 28.9 Å². The molecule has 1 aliphatic rings. The van der Waals surface area contributed by atoms with Gasteiger partial charge in [-0.3, -0.25) is 9.79 Å². The zero-order valence-electron chi connectivity index (χ0n) is 7.69. The number of nitrogens with zero attached hydrogens (tertiary/aromatic N) is 1. The Morgan fingerprint density at radius 3 is 3.31 bits per heavy atom. The maximum atomic E-state index is 11.1. The Morgan fingerprint density at radius 2 is 2.54 bits per heavy atom. The van der Waals surface area contributed by atoms with Gasteiger partial charge in [0.15, 0.2) is 0 Å². The van der Waals surface area contributed by atoms with Gasteiger partial charge in [0.05, 0.1) is 18.7 Å². The maximum Gasteiger partial charge on any atom is 0.311 e. The molecule has 0 aliphatic carbocycles. The van der Waals surface area contributed by atoms with Crippen molar-refractivity contribution in [1.82, 2.24) is 0 Å². The second-order valence-corrected chi connectivity index (χ2v) is 2.62. The number of ether oxygens (including phenoxy) is 1.